The molecule has 0 amide bonds. The van der Waals surface area contributed by atoms with Crippen molar-refractivity contribution in [1.29, 1.82) is 0 Å². The van der Waals surface area contributed by atoms with Gasteiger partial charge in [-0.25, -0.2) is 0 Å². The van der Waals surface area contributed by atoms with Crippen molar-refractivity contribution in [1.82, 2.24) is 4.90 Å². The summed E-state index contributed by atoms with van der Waals surface area (Å²) in [4.78, 5) is 2.17. The summed E-state index contributed by atoms with van der Waals surface area (Å²) < 4.78 is 0. The molecule has 0 aliphatic rings. The summed E-state index contributed by atoms with van der Waals surface area (Å²) in [5, 5.41) is 0. The molecule has 0 fully saturated rings. The van der Waals surface area contributed by atoms with Crippen LogP contribution < -0.4 is 0 Å². The van der Waals surface area contributed by atoms with Crippen molar-refractivity contribution in [2.45, 2.75) is 27.3 Å². The van der Waals surface area contributed by atoms with Crippen LogP contribution in [0.25, 0.3) is 0 Å². The minimum absolute atomic E-state index is 0. The zero-order valence-electron chi connectivity index (χ0n) is 5.02. The highest BCUT2D eigenvalue weighted by Crippen LogP contribution is 1.84. The van der Waals surface area contributed by atoms with Gasteiger partial charge in [-0.05, 0) is 27.9 Å². The van der Waals surface area contributed by atoms with E-state index >= 15 is 0 Å². The fourth-order valence-corrected chi connectivity index (χ4v) is 0. The Morgan fingerprint density at radius 2 is 1.29 bits per heavy atom. The van der Waals surface area contributed by atoms with E-state index in [1.807, 2.05) is 0 Å². The minimum atomic E-state index is 0. The summed E-state index contributed by atoms with van der Waals surface area (Å²) in [5.41, 5.74) is 0. The van der Waals surface area contributed by atoms with Gasteiger partial charge in [0.1, 0.15) is 0 Å². The Balaban J connectivity index is 0. The van der Waals surface area contributed by atoms with Crippen molar-refractivity contribution in [3.8, 4) is 0 Å². The van der Waals surface area contributed by atoms with Crippen molar-refractivity contribution in [2.75, 3.05) is 14.1 Å². The lowest BCUT2D eigenvalue weighted by Gasteiger charge is -2.12. The Morgan fingerprint density at radius 1 is 1.14 bits per heavy atom. The Kier molecular flexibility index (Phi) is 5.93. The fraction of sp³-hybridized carbons (Fsp3) is 1.00. The topological polar surface area (TPSA) is 3.24 Å². The highest BCUT2D eigenvalue weighted by molar-refractivity contribution is 4.46. The normalized spacial score (nSPS) is 9.43. The molecule has 1 heteroatoms. The summed E-state index contributed by atoms with van der Waals surface area (Å²) in [6, 6.07) is 0.685. The molecule has 0 rings (SSSR count). The maximum Gasteiger partial charge on any atom is 0.00324 e. The van der Waals surface area contributed by atoms with E-state index in [1.165, 1.54) is 0 Å². The second-order valence-corrected chi connectivity index (χ2v) is 2.06. The SMILES string of the molecule is C.CC(C)N(C)C. The molecule has 1 nitrogen and oxygen atoms in total. The van der Waals surface area contributed by atoms with Crippen molar-refractivity contribution in [3.05, 3.63) is 0 Å². The Morgan fingerprint density at radius 3 is 1.29 bits per heavy atom. The van der Waals surface area contributed by atoms with Gasteiger partial charge >= 0.3 is 0 Å². The smallest absolute Gasteiger partial charge is 0.00324 e. The number of hydrogen-bond acceptors (Lipinski definition) is 1. The summed E-state index contributed by atoms with van der Waals surface area (Å²) in [5.74, 6) is 0. The van der Waals surface area contributed by atoms with Gasteiger partial charge in [-0.2, -0.15) is 0 Å². The molecule has 0 atom stereocenters. The zero-order chi connectivity index (χ0) is 5.15. The number of rotatable bonds is 1. The van der Waals surface area contributed by atoms with Crippen molar-refractivity contribution >= 4 is 0 Å². The van der Waals surface area contributed by atoms with Crippen molar-refractivity contribution < 1.29 is 0 Å². The average molecular weight is 103 g/mol. The van der Waals surface area contributed by atoms with Crippen LogP contribution in [0.5, 0.6) is 0 Å². The Bertz CT molecular complexity index is 25.2. The number of nitrogens with zero attached hydrogens (tertiary/aromatic N) is 1. The molecule has 7 heavy (non-hydrogen) atoms. The lowest BCUT2D eigenvalue weighted by atomic mass is 10.4. The predicted octanol–water partition coefficient (Wildman–Crippen LogP) is 1.59. The average Bonchev–Trinajstić information content (AvgIpc) is 1.36. The van der Waals surface area contributed by atoms with E-state index in [2.05, 4.69) is 32.8 Å². The molecular weight excluding hydrogens is 86.1 g/mol. The summed E-state index contributed by atoms with van der Waals surface area (Å²) in [6.45, 7) is 4.33. The lowest BCUT2D eigenvalue weighted by molar-refractivity contribution is 0.335. The number of hydrogen-bond donors (Lipinski definition) is 0. The van der Waals surface area contributed by atoms with Gasteiger partial charge in [0.2, 0.25) is 0 Å². The van der Waals surface area contributed by atoms with Crippen LogP contribution in [0.3, 0.4) is 0 Å². The molecule has 0 aromatic heterocycles. The van der Waals surface area contributed by atoms with Crippen LogP contribution in [0.15, 0.2) is 0 Å². The van der Waals surface area contributed by atoms with Crippen LogP contribution in [0.2, 0.25) is 0 Å². The van der Waals surface area contributed by atoms with Gasteiger partial charge in [0.05, 0.1) is 0 Å². The molecular formula is C6H17N. The molecule has 0 aliphatic heterocycles. The highest BCUT2D eigenvalue weighted by Gasteiger charge is 1.90. The van der Waals surface area contributed by atoms with Gasteiger partial charge in [-0.15, -0.1) is 0 Å². The molecule has 0 aliphatic carbocycles. The fourth-order valence-electron chi connectivity index (χ4n) is 0. The molecule has 0 heterocycles. The summed E-state index contributed by atoms with van der Waals surface area (Å²) >= 11 is 0. The standard InChI is InChI=1S/C5H13N.CH4/c1-5(2)6(3)4;/h5H,1-4H3;1H4. The zero-order valence-corrected chi connectivity index (χ0v) is 5.02. The van der Waals surface area contributed by atoms with Crippen molar-refractivity contribution in [2.24, 2.45) is 0 Å². The van der Waals surface area contributed by atoms with Gasteiger partial charge in [0.15, 0.2) is 0 Å². The molecule has 0 spiro atoms. The van der Waals surface area contributed by atoms with E-state index in [1.54, 1.807) is 0 Å². The predicted molar refractivity (Wildman–Crippen MR) is 35.6 cm³/mol. The van der Waals surface area contributed by atoms with Crippen LogP contribution in [-0.4, -0.2) is 25.0 Å². The first-order valence-corrected chi connectivity index (χ1v) is 2.31. The molecule has 0 aromatic rings. The third kappa shape index (κ3) is 5.96. The van der Waals surface area contributed by atoms with E-state index < -0.39 is 0 Å². The Hall–Kier alpha value is -0.0400. The maximum absolute atomic E-state index is 2.17. The molecule has 0 radical (unpaired) electrons. The van der Waals surface area contributed by atoms with Gasteiger partial charge in [-0.3, -0.25) is 0 Å². The van der Waals surface area contributed by atoms with Gasteiger partial charge in [0, 0.05) is 6.04 Å². The van der Waals surface area contributed by atoms with Crippen molar-refractivity contribution in [3.63, 3.8) is 0 Å². The first kappa shape index (κ1) is 10.0. The summed E-state index contributed by atoms with van der Waals surface area (Å²) in [6.07, 6.45) is 0. The van der Waals surface area contributed by atoms with Crippen LogP contribution in [-0.2, 0) is 0 Å². The molecule has 0 unspecified atom stereocenters. The van der Waals surface area contributed by atoms with Crippen LogP contribution in [0.4, 0.5) is 0 Å². The first-order valence-electron chi connectivity index (χ1n) is 2.31. The van der Waals surface area contributed by atoms with Crippen LogP contribution in [0.1, 0.15) is 21.3 Å². The van der Waals surface area contributed by atoms with Gasteiger partial charge < -0.3 is 4.90 Å². The molecule has 0 saturated heterocycles. The van der Waals surface area contributed by atoms with E-state index in [0.717, 1.165) is 0 Å². The van der Waals surface area contributed by atoms with Crippen LogP contribution in [0, 0.1) is 0 Å². The molecule has 0 aromatic carbocycles. The quantitative estimate of drug-likeness (QED) is 0.487. The highest BCUT2D eigenvalue weighted by atomic mass is 15.1. The lowest BCUT2D eigenvalue weighted by Crippen LogP contribution is -2.20. The monoisotopic (exact) mass is 103 g/mol. The van der Waals surface area contributed by atoms with E-state index in [9.17, 15) is 0 Å². The summed E-state index contributed by atoms with van der Waals surface area (Å²) in [7, 11) is 4.15. The van der Waals surface area contributed by atoms with E-state index in [0.29, 0.717) is 6.04 Å². The largest absolute Gasteiger partial charge is 0.307 e. The maximum atomic E-state index is 2.17. The van der Waals surface area contributed by atoms with Crippen LogP contribution >= 0.6 is 0 Å². The first-order chi connectivity index (χ1) is 2.64. The molecule has 0 saturated carbocycles. The van der Waals surface area contributed by atoms with E-state index in [-0.39, 0.29) is 7.43 Å². The molecule has 0 bridgehead atoms. The second kappa shape index (κ2) is 4.13. The van der Waals surface area contributed by atoms with Gasteiger partial charge in [0.25, 0.3) is 0 Å². The Labute approximate surface area is 47.3 Å². The van der Waals surface area contributed by atoms with Gasteiger partial charge in [-0.1, -0.05) is 7.43 Å². The second-order valence-electron chi connectivity index (χ2n) is 2.06. The third-order valence-corrected chi connectivity index (χ3v) is 1.03. The van der Waals surface area contributed by atoms with E-state index in [4.69, 9.17) is 0 Å². The molecule has 46 valence electrons. The third-order valence-electron chi connectivity index (χ3n) is 1.03. The molecule has 0 N–H and O–H groups in total. The minimum Gasteiger partial charge on any atom is -0.307 e.